The van der Waals surface area contributed by atoms with E-state index in [4.69, 9.17) is 9.47 Å². The van der Waals surface area contributed by atoms with Crippen LogP contribution in [0.25, 0.3) is 0 Å². The molecular weight excluding hydrogens is 664 g/mol. The van der Waals surface area contributed by atoms with E-state index in [1.54, 1.807) is 56.3 Å². The molecule has 0 aromatic heterocycles. The molecule has 15 heteroatoms. The number of nitrogens with one attached hydrogen (secondary N) is 5. The van der Waals surface area contributed by atoms with Gasteiger partial charge in [0.25, 0.3) is 5.91 Å². The van der Waals surface area contributed by atoms with Gasteiger partial charge in [0.05, 0.1) is 12.5 Å². The predicted octanol–water partition coefficient (Wildman–Crippen LogP) is 1.26. The van der Waals surface area contributed by atoms with Gasteiger partial charge in [-0.15, -0.1) is 0 Å². The lowest BCUT2D eigenvalue weighted by molar-refractivity contribution is -0.143. The van der Waals surface area contributed by atoms with Gasteiger partial charge in [-0.1, -0.05) is 44.2 Å². The Morgan fingerprint density at radius 1 is 0.940 bits per heavy atom. The fourth-order valence-corrected chi connectivity index (χ4v) is 6.71. The SMILES string of the molecule is CSCC[C@@H]1NC(=O)C[C@@H](c2ccccc2)NC(=O)[C@H](C)NC(=O)[C@@H]2C[C@H](NC(=O)c3ccc4c(c3)OCO4)CN2C(=O)[C@H](C(C)C)NC1=O. The molecule has 2 fully saturated rings. The first-order valence-electron chi connectivity index (χ1n) is 16.7. The van der Waals surface area contributed by atoms with E-state index in [1.165, 1.54) is 23.6 Å². The van der Waals surface area contributed by atoms with Crippen molar-refractivity contribution in [2.24, 2.45) is 5.92 Å². The summed E-state index contributed by atoms with van der Waals surface area (Å²) in [7, 11) is 0. The van der Waals surface area contributed by atoms with Gasteiger partial charge in [0.1, 0.15) is 24.2 Å². The van der Waals surface area contributed by atoms with Gasteiger partial charge in [-0.2, -0.15) is 11.8 Å². The normalized spacial score (nSPS) is 26.1. The third-order valence-corrected chi connectivity index (χ3v) is 9.65. The van der Waals surface area contributed by atoms with Gasteiger partial charge in [-0.25, -0.2) is 0 Å². The molecule has 0 saturated carbocycles. The summed E-state index contributed by atoms with van der Waals surface area (Å²) in [5.41, 5.74) is 0.990. The first-order chi connectivity index (χ1) is 23.9. The van der Waals surface area contributed by atoms with Crippen molar-refractivity contribution >= 4 is 47.2 Å². The average Bonchev–Trinajstić information content (AvgIpc) is 3.75. The molecule has 0 aliphatic carbocycles. The molecule has 6 atom stereocenters. The van der Waals surface area contributed by atoms with Crippen LogP contribution in [0.5, 0.6) is 11.5 Å². The molecule has 268 valence electrons. The van der Waals surface area contributed by atoms with E-state index in [-0.39, 0.29) is 32.1 Å². The van der Waals surface area contributed by atoms with E-state index in [9.17, 15) is 28.8 Å². The highest BCUT2D eigenvalue weighted by atomic mass is 32.2. The molecule has 0 radical (unpaired) electrons. The highest BCUT2D eigenvalue weighted by molar-refractivity contribution is 7.98. The van der Waals surface area contributed by atoms with Gasteiger partial charge >= 0.3 is 0 Å². The summed E-state index contributed by atoms with van der Waals surface area (Å²) in [5, 5.41) is 14.2. The fraction of sp³-hybridized carbons (Fsp3) is 0.486. The van der Waals surface area contributed by atoms with Crippen molar-refractivity contribution < 1.29 is 38.2 Å². The van der Waals surface area contributed by atoms with Gasteiger partial charge in [0.15, 0.2) is 11.5 Å². The molecular formula is C35H44N6O8S. The second-order valence-electron chi connectivity index (χ2n) is 13.0. The van der Waals surface area contributed by atoms with Crippen molar-refractivity contribution in [3.8, 4) is 11.5 Å². The standard InChI is InChI=1S/C35H44N6O8S/c1-19(2)30-35(47)41-17-23(37-32(44)22-10-11-27-28(14-22)49-18-48-27)15-26(41)34(46)36-20(3)31(43)39-25(21-8-6-5-7-9-21)16-29(42)38-24(12-13-50-4)33(45)40-30/h5-11,14,19-20,23-26,30H,12-13,15-18H2,1-4H3,(H,36,46)(H,37,44)(H,38,42)(H,39,43)(H,40,45)/t20-,23-,24-,25-,26-,30-/m0/s1. The maximum absolute atomic E-state index is 14.2. The molecule has 3 heterocycles. The number of carbonyl (C=O) groups excluding carboxylic acids is 6. The Morgan fingerprint density at radius 2 is 1.68 bits per heavy atom. The number of rotatable bonds is 7. The Morgan fingerprint density at radius 3 is 2.40 bits per heavy atom. The highest BCUT2D eigenvalue weighted by Crippen LogP contribution is 2.32. The van der Waals surface area contributed by atoms with Gasteiger partial charge in [0, 0.05) is 18.2 Å². The molecule has 5 rings (SSSR count). The number of nitrogens with zero attached hydrogens (tertiary/aromatic N) is 1. The molecule has 3 aliphatic heterocycles. The van der Waals surface area contributed by atoms with E-state index in [2.05, 4.69) is 26.6 Å². The minimum atomic E-state index is -1.05. The lowest BCUT2D eigenvalue weighted by Crippen LogP contribution is -2.59. The van der Waals surface area contributed by atoms with E-state index in [0.717, 1.165) is 0 Å². The Bertz CT molecular complexity index is 1610. The first kappa shape index (κ1) is 36.5. The highest BCUT2D eigenvalue weighted by Gasteiger charge is 2.44. The largest absolute Gasteiger partial charge is 0.454 e. The minimum absolute atomic E-state index is 0.0183. The van der Waals surface area contributed by atoms with Crippen molar-refractivity contribution in [2.45, 2.75) is 76.3 Å². The number of thioether (sulfide) groups is 1. The van der Waals surface area contributed by atoms with Gasteiger partial charge in [-0.3, -0.25) is 28.8 Å². The molecule has 2 aromatic carbocycles. The zero-order valence-corrected chi connectivity index (χ0v) is 29.3. The second kappa shape index (κ2) is 16.3. The topological polar surface area (TPSA) is 184 Å². The fourth-order valence-electron chi connectivity index (χ4n) is 6.24. The molecule has 2 aromatic rings. The van der Waals surface area contributed by atoms with Crippen LogP contribution in [0.3, 0.4) is 0 Å². The van der Waals surface area contributed by atoms with Crippen LogP contribution in [-0.4, -0.2) is 95.9 Å². The first-order valence-corrected chi connectivity index (χ1v) is 18.1. The summed E-state index contributed by atoms with van der Waals surface area (Å²) in [5.74, 6) is -1.93. The number of hydrogen-bond donors (Lipinski definition) is 5. The Balaban J connectivity index is 1.44. The number of amides is 6. The molecule has 0 bridgehead atoms. The summed E-state index contributed by atoms with van der Waals surface area (Å²) >= 11 is 1.51. The molecule has 3 aliphatic rings. The lowest BCUT2D eigenvalue weighted by atomic mass is 10.0. The third kappa shape index (κ3) is 8.67. The molecule has 14 nitrogen and oxygen atoms in total. The third-order valence-electron chi connectivity index (χ3n) is 9.01. The number of hydrogen-bond acceptors (Lipinski definition) is 9. The van der Waals surface area contributed by atoms with Crippen LogP contribution in [0.1, 0.15) is 62.0 Å². The molecule has 5 N–H and O–H groups in total. The maximum atomic E-state index is 14.2. The Labute approximate surface area is 295 Å². The minimum Gasteiger partial charge on any atom is -0.454 e. The number of benzene rings is 2. The molecule has 50 heavy (non-hydrogen) atoms. The van der Waals surface area contributed by atoms with Crippen LogP contribution in [0, 0.1) is 5.92 Å². The van der Waals surface area contributed by atoms with Crippen molar-refractivity contribution in [1.82, 2.24) is 31.5 Å². The van der Waals surface area contributed by atoms with Crippen LogP contribution >= 0.6 is 11.8 Å². The second-order valence-corrected chi connectivity index (χ2v) is 14.0. The smallest absolute Gasteiger partial charge is 0.251 e. The summed E-state index contributed by atoms with van der Waals surface area (Å²) < 4.78 is 10.7. The van der Waals surface area contributed by atoms with Gasteiger partial charge < -0.3 is 41.0 Å². The number of carbonyl (C=O) groups is 6. The zero-order chi connectivity index (χ0) is 35.9. The van der Waals surface area contributed by atoms with Crippen molar-refractivity contribution in [2.75, 3.05) is 25.3 Å². The Hall–Kier alpha value is -4.79. The molecule has 0 unspecified atom stereocenters. The van der Waals surface area contributed by atoms with Gasteiger partial charge in [0.2, 0.25) is 36.3 Å². The summed E-state index contributed by atoms with van der Waals surface area (Å²) in [6.45, 7) is 5.11. The Kier molecular flexibility index (Phi) is 11.9. The molecule has 2 saturated heterocycles. The average molecular weight is 709 g/mol. The number of ether oxygens (including phenoxy) is 2. The predicted molar refractivity (Wildman–Crippen MR) is 185 cm³/mol. The van der Waals surface area contributed by atoms with Crippen molar-refractivity contribution in [1.29, 1.82) is 0 Å². The van der Waals surface area contributed by atoms with Crippen LogP contribution < -0.4 is 36.1 Å². The van der Waals surface area contributed by atoms with Crippen LogP contribution in [0.4, 0.5) is 0 Å². The maximum Gasteiger partial charge on any atom is 0.251 e. The zero-order valence-electron chi connectivity index (χ0n) is 28.5. The van der Waals surface area contributed by atoms with E-state index in [1.807, 2.05) is 12.3 Å². The van der Waals surface area contributed by atoms with Crippen molar-refractivity contribution in [3.05, 3.63) is 59.7 Å². The van der Waals surface area contributed by atoms with E-state index in [0.29, 0.717) is 34.8 Å². The van der Waals surface area contributed by atoms with Crippen molar-refractivity contribution in [3.63, 3.8) is 0 Å². The summed E-state index contributed by atoms with van der Waals surface area (Å²) in [4.78, 5) is 83.3. The van der Waals surface area contributed by atoms with E-state index < -0.39 is 71.7 Å². The molecule has 6 amide bonds. The summed E-state index contributed by atoms with van der Waals surface area (Å²) in [6.07, 6.45) is 2.10. The molecule has 0 spiro atoms. The van der Waals surface area contributed by atoms with Crippen LogP contribution in [0.15, 0.2) is 48.5 Å². The van der Waals surface area contributed by atoms with Gasteiger partial charge in [-0.05, 0) is 61.5 Å². The van der Waals surface area contributed by atoms with E-state index >= 15 is 0 Å². The quantitative estimate of drug-likeness (QED) is 0.283. The lowest BCUT2D eigenvalue weighted by Gasteiger charge is -2.32. The number of fused-ring (bicyclic) bond motifs is 2. The summed E-state index contributed by atoms with van der Waals surface area (Å²) in [6, 6.07) is 8.30. The van der Waals surface area contributed by atoms with Crippen LogP contribution in [-0.2, 0) is 24.0 Å². The van der Waals surface area contributed by atoms with Crippen LogP contribution in [0.2, 0.25) is 0 Å². The monoisotopic (exact) mass is 708 g/mol.